The molecule has 0 aromatic carbocycles. The van der Waals surface area contributed by atoms with Gasteiger partial charge in [-0.3, -0.25) is 4.79 Å². The van der Waals surface area contributed by atoms with E-state index in [1.165, 1.54) is 0 Å². The summed E-state index contributed by atoms with van der Waals surface area (Å²) in [7, 11) is 0. The lowest BCUT2D eigenvalue weighted by molar-refractivity contribution is -0.142. The van der Waals surface area contributed by atoms with E-state index < -0.39 is 12.0 Å². The lowest BCUT2D eigenvalue weighted by Crippen LogP contribution is -2.43. The molecule has 0 aliphatic rings. The van der Waals surface area contributed by atoms with Gasteiger partial charge in [0, 0.05) is 12.0 Å². The summed E-state index contributed by atoms with van der Waals surface area (Å²) < 4.78 is 0. The first-order valence-electron chi connectivity index (χ1n) is 7.17. The van der Waals surface area contributed by atoms with Crippen molar-refractivity contribution < 1.29 is 14.7 Å². The van der Waals surface area contributed by atoms with Crippen LogP contribution in [0, 0.1) is 5.92 Å². The molecule has 5 nitrogen and oxygen atoms in total. The molecule has 0 saturated carbocycles. The van der Waals surface area contributed by atoms with Crippen molar-refractivity contribution in [3.63, 3.8) is 0 Å². The molecule has 0 bridgehead atoms. The van der Waals surface area contributed by atoms with Crippen molar-refractivity contribution in [1.29, 1.82) is 0 Å². The molecule has 0 saturated heterocycles. The minimum Gasteiger partial charge on any atom is -0.480 e. The zero-order valence-corrected chi connectivity index (χ0v) is 12.3. The van der Waals surface area contributed by atoms with Crippen LogP contribution in [0.2, 0.25) is 0 Å². The van der Waals surface area contributed by atoms with E-state index in [9.17, 15) is 9.59 Å². The molecule has 0 heterocycles. The largest absolute Gasteiger partial charge is 0.480 e. The quantitative estimate of drug-likeness (QED) is 0.566. The van der Waals surface area contributed by atoms with E-state index in [1.807, 2.05) is 20.8 Å². The van der Waals surface area contributed by atoms with Crippen LogP contribution >= 0.6 is 0 Å². The topological polar surface area (TPSA) is 92.4 Å². The van der Waals surface area contributed by atoms with Gasteiger partial charge in [0.1, 0.15) is 6.04 Å². The Bertz CT molecular complexity index is 280. The Hall–Kier alpha value is -1.10. The van der Waals surface area contributed by atoms with E-state index in [4.69, 9.17) is 10.8 Å². The van der Waals surface area contributed by atoms with Crippen molar-refractivity contribution in [2.75, 3.05) is 0 Å². The average molecular weight is 272 g/mol. The Balaban J connectivity index is 4.12. The number of hydrogen-bond donors (Lipinski definition) is 3. The fourth-order valence-corrected chi connectivity index (χ4v) is 1.86. The summed E-state index contributed by atoms with van der Waals surface area (Å²) in [6, 6.07) is -0.616. The molecule has 0 radical (unpaired) electrons. The summed E-state index contributed by atoms with van der Waals surface area (Å²) in [6.07, 6.45) is 4.73. The van der Waals surface area contributed by atoms with Gasteiger partial charge in [0.15, 0.2) is 0 Å². The predicted molar refractivity (Wildman–Crippen MR) is 75.8 cm³/mol. The van der Waals surface area contributed by atoms with Gasteiger partial charge in [-0.25, -0.2) is 4.79 Å². The van der Waals surface area contributed by atoms with E-state index in [0.29, 0.717) is 6.42 Å². The third kappa shape index (κ3) is 8.59. The van der Waals surface area contributed by atoms with Crippen LogP contribution in [0.4, 0.5) is 0 Å². The van der Waals surface area contributed by atoms with Gasteiger partial charge < -0.3 is 16.2 Å². The van der Waals surface area contributed by atoms with Crippen LogP contribution in [-0.2, 0) is 9.59 Å². The standard InChI is InChI=1S/C14H28N2O3/c1-4-5-9-12(14(18)19)16-13(17)10(2)7-6-8-11(3)15/h10-12H,4-9,15H2,1-3H3,(H,16,17)(H,18,19)/t10?,11?,12-/m0/s1. The maximum atomic E-state index is 11.9. The first kappa shape index (κ1) is 17.9. The van der Waals surface area contributed by atoms with Gasteiger partial charge in [-0.05, 0) is 26.2 Å². The smallest absolute Gasteiger partial charge is 0.326 e. The van der Waals surface area contributed by atoms with E-state index >= 15 is 0 Å². The summed E-state index contributed by atoms with van der Waals surface area (Å²) in [5.74, 6) is -1.29. The molecule has 3 atom stereocenters. The highest BCUT2D eigenvalue weighted by Gasteiger charge is 2.22. The molecule has 0 fully saturated rings. The van der Waals surface area contributed by atoms with Crippen LogP contribution in [0.3, 0.4) is 0 Å². The maximum Gasteiger partial charge on any atom is 0.326 e. The third-order valence-electron chi connectivity index (χ3n) is 3.21. The number of hydrogen-bond acceptors (Lipinski definition) is 3. The number of rotatable bonds is 10. The number of amides is 1. The SMILES string of the molecule is CCCC[C@H](NC(=O)C(C)CCCC(C)N)C(=O)O. The Morgan fingerprint density at radius 1 is 1.16 bits per heavy atom. The zero-order chi connectivity index (χ0) is 14.8. The van der Waals surface area contributed by atoms with Crippen LogP contribution in [0.1, 0.15) is 59.3 Å². The van der Waals surface area contributed by atoms with E-state index in [-0.39, 0.29) is 17.9 Å². The Morgan fingerprint density at radius 2 is 1.79 bits per heavy atom. The second kappa shape index (κ2) is 9.78. The Kier molecular flexibility index (Phi) is 9.21. The summed E-state index contributed by atoms with van der Waals surface area (Å²) in [4.78, 5) is 22.9. The third-order valence-corrected chi connectivity index (χ3v) is 3.21. The molecule has 0 rings (SSSR count). The lowest BCUT2D eigenvalue weighted by atomic mass is 10.0. The van der Waals surface area contributed by atoms with E-state index in [1.54, 1.807) is 0 Å². The fourth-order valence-electron chi connectivity index (χ4n) is 1.86. The van der Waals surface area contributed by atoms with Gasteiger partial charge in [-0.1, -0.05) is 33.1 Å². The normalized spacial score (nSPS) is 15.6. The molecule has 0 aromatic rings. The molecule has 0 aromatic heterocycles. The van der Waals surface area contributed by atoms with Crippen molar-refractivity contribution in [2.24, 2.45) is 11.7 Å². The molecule has 1 amide bonds. The lowest BCUT2D eigenvalue weighted by Gasteiger charge is -2.18. The fraction of sp³-hybridized carbons (Fsp3) is 0.857. The molecule has 5 heteroatoms. The molecule has 4 N–H and O–H groups in total. The molecular weight excluding hydrogens is 244 g/mol. The molecule has 0 spiro atoms. The first-order valence-corrected chi connectivity index (χ1v) is 7.17. The molecule has 112 valence electrons. The summed E-state index contributed by atoms with van der Waals surface area (Å²) >= 11 is 0. The number of carbonyl (C=O) groups excluding carboxylic acids is 1. The zero-order valence-electron chi connectivity index (χ0n) is 12.3. The van der Waals surface area contributed by atoms with Crippen LogP contribution in [0.15, 0.2) is 0 Å². The number of nitrogens with two attached hydrogens (primary N) is 1. The van der Waals surface area contributed by atoms with Crippen molar-refractivity contribution >= 4 is 11.9 Å². The number of carboxylic acid groups (broad SMARTS) is 1. The van der Waals surface area contributed by atoms with Gasteiger partial charge >= 0.3 is 5.97 Å². The second-order valence-electron chi connectivity index (χ2n) is 5.35. The minimum absolute atomic E-state index is 0.145. The number of nitrogens with one attached hydrogen (secondary N) is 1. The Labute approximate surface area is 115 Å². The van der Waals surface area contributed by atoms with Gasteiger partial charge in [-0.15, -0.1) is 0 Å². The number of unbranched alkanes of at least 4 members (excludes halogenated alkanes) is 1. The maximum absolute atomic E-state index is 11.9. The molecule has 19 heavy (non-hydrogen) atoms. The summed E-state index contributed by atoms with van der Waals surface area (Å²) in [5.41, 5.74) is 5.65. The second-order valence-corrected chi connectivity index (χ2v) is 5.35. The van der Waals surface area contributed by atoms with Gasteiger partial charge in [0.2, 0.25) is 5.91 Å². The van der Waals surface area contributed by atoms with Crippen molar-refractivity contribution in [1.82, 2.24) is 5.32 Å². The Morgan fingerprint density at radius 3 is 2.26 bits per heavy atom. The van der Waals surface area contributed by atoms with E-state index in [0.717, 1.165) is 32.1 Å². The van der Waals surface area contributed by atoms with Gasteiger partial charge in [0.25, 0.3) is 0 Å². The molecule has 0 aliphatic heterocycles. The average Bonchev–Trinajstić information content (AvgIpc) is 2.33. The van der Waals surface area contributed by atoms with Crippen LogP contribution in [0.25, 0.3) is 0 Å². The van der Waals surface area contributed by atoms with Crippen molar-refractivity contribution in [2.45, 2.75) is 71.4 Å². The molecule has 0 aliphatic carbocycles. The minimum atomic E-state index is -0.954. The van der Waals surface area contributed by atoms with Gasteiger partial charge in [0.05, 0.1) is 0 Å². The van der Waals surface area contributed by atoms with Crippen LogP contribution in [0.5, 0.6) is 0 Å². The number of aliphatic carboxylic acids is 1. The summed E-state index contributed by atoms with van der Waals surface area (Å²) in [5, 5.41) is 11.7. The van der Waals surface area contributed by atoms with Gasteiger partial charge in [-0.2, -0.15) is 0 Å². The van der Waals surface area contributed by atoms with Crippen LogP contribution < -0.4 is 11.1 Å². The highest BCUT2D eigenvalue weighted by atomic mass is 16.4. The first-order chi connectivity index (χ1) is 8.88. The highest BCUT2D eigenvalue weighted by molar-refractivity contribution is 5.84. The highest BCUT2D eigenvalue weighted by Crippen LogP contribution is 2.10. The monoisotopic (exact) mass is 272 g/mol. The van der Waals surface area contributed by atoms with E-state index in [2.05, 4.69) is 5.32 Å². The summed E-state index contributed by atoms with van der Waals surface area (Å²) in [6.45, 7) is 5.77. The van der Waals surface area contributed by atoms with Crippen molar-refractivity contribution in [3.8, 4) is 0 Å². The number of carbonyl (C=O) groups is 2. The van der Waals surface area contributed by atoms with Crippen LogP contribution in [-0.4, -0.2) is 29.1 Å². The predicted octanol–water partition coefficient (Wildman–Crippen LogP) is 1.90. The molecular formula is C14H28N2O3. The molecule has 2 unspecified atom stereocenters. The number of carboxylic acids is 1. The van der Waals surface area contributed by atoms with Crippen molar-refractivity contribution in [3.05, 3.63) is 0 Å².